The Morgan fingerprint density at radius 1 is 1.13 bits per heavy atom. The number of hydrogen-bond acceptors (Lipinski definition) is 5. The summed E-state index contributed by atoms with van der Waals surface area (Å²) in [5.74, 6) is -0.574. The van der Waals surface area contributed by atoms with Gasteiger partial charge in [-0.2, -0.15) is 0 Å². The maximum absolute atomic E-state index is 10.8. The predicted octanol–water partition coefficient (Wildman–Crippen LogP) is 0.743. The highest BCUT2D eigenvalue weighted by Gasteiger charge is 2.06. The lowest BCUT2D eigenvalue weighted by Gasteiger charge is -2.07. The molecule has 0 N–H and O–H groups in total. The van der Waals surface area contributed by atoms with E-state index in [1.54, 1.807) is 0 Å². The largest absolute Gasteiger partial charge is 0.485 e. The number of methoxy groups -OCH3 is 1. The van der Waals surface area contributed by atoms with Gasteiger partial charge in [0.25, 0.3) is 0 Å². The molecule has 88 valence electrons. The standard InChI is InChI=1S/C10H18O5/c1-4-13-5-6-14-7-8-15-9(2)10(11)12-3/h2,4-8H2,1,3H3. The lowest BCUT2D eigenvalue weighted by Crippen LogP contribution is -2.12. The number of ether oxygens (including phenoxy) is 4. The molecule has 5 nitrogen and oxygen atoms in total. The average Bonchev–Trinajstić information content (AvgIpc) is 2.26. The van der Waals surface area contributed by atoms with Crippen molar-refractivity contribution >= 4 is 5.97 Å². The fourth-order valence-electron chi connectivity index (χ4n) is 0.761. The number of carbonyl (C=O) groups is 1. The number of hydrogen-bond donors (Lipinski definition) is 0. The van der Waals surface area contributed by atoms with Gasteiger partial charge in [0.05, 0.1) is 26.9 Å². The number of rotatable bonds is 9. The molecule has 0 amide bonds. The highest BCUT2D eigenvalue weighted by atomic mass is 16.6. The van der Waals surface area contributed by atoms with Crippen molar-refractivity contribution in [2.75, 3.05) is 40.1 Å². The van der Waals surface area contributed by atoms with Gasteiger partial charge in [0.15, 0.2) is 5.76 Å². The monoisotopic (exact) mass is 218 g/mol. The SMILES string of the molecule is C=C(OCCOCCOCC)C(=O)OC. The van der Waals surface area contributed by atoms with Crippen molar-refractivity contribution in [1.82, 2.24) is 0 Å². The molecule has 0 unspecified atom stereocenters. The van der Waals surface area contributed by atoms with E-state index in [0.717, 1.165) is 0 Å². The van der Waals surface area contributed by atoms with Gasteiger partial charge in [0, 0.05) is 6.61 Å². The molecule has 0 atom stereocenters. The number of esters is 1. The van der Waals surface area contributed by atoms with Crippen molar-refractivity contribution in [3.8, 4) is 0 Å². The van der Waals surface area contributed by atoms with Crippen LogP contribution in [0.15, 0.2) is 12.3 Å². The first kappa shape index (κ1) is 13.9. The molecule has 0 aliphatic heterocycles. The van der Waals surface area contributed by atoms with Gasteiger partial charge in [0.1, 0.15) is 6.61 Å². The van der Waals surface area contributed by atoms with Crippen molar-refractivity contribution in [3.05, 3.63) is 12.3 Å². The Kier molecular flexibility index (Phi) is 8.81. The minimum Gasteiger partial charge on any atom is -0.485 e. The van der Waals surface area contributed by atoms with E-state index < -0.39 is 5.97 Å². The Balaban J connectivity index is 3.24. The summed E-state index contributed by atoms with van der Waals surface area (Å²) >= 11 is 0. The Labute approximate surface area is 89.9 Å². The fourth-order valence-corrected chi connectivity index (χ4v) is 0.761. The van der Waals surface area contributed by atoms with Gasteiger partial charge >= 0.3 is 5.97 Å². The summed E-state index contributed by atoms with van der Waals surface area (Å²) in [5, 5.41) is 0. The van der Waals surface area contributed by atoms with E-state index in [9.17, 15) is 4.79 Å². The van der Waals surface area contributed by atoms with Gasteiger partial charge in [-0.15, -0.1) is 0 Å². The third kappa shape index (κ3) is 7.96. The normalized spacial score (nSPS) is 9.73. The quantitative estimate of drug-likeness (QED) is 0.247. The van der Waals surface area contributed by atoms with E-state index in [1.165, 1.54) is 7.11 Å². The topological polar surface area (TPSA) is 54.0 Å². The summed E-state index contributed by atoms with van der Waals surface area (Å²) in [5.41, 5.74) is 0. The molecule has 0 spiro atoms. The number of carbonyl (C=O) groups excluding carboxylic acids is 1. The van der Waals surface area contributed by atoms with Gasteiger partial charge in [-0.3, -0.25) is 0 Å². The Hall–Kier alpha value is -1.07. The van der Waals surface area contributed by atoms with E-state index in [2.05, 4.69) is 11.3 Å². The molecule has 0 heterocycles. The molecule has 0 aromatic carbocycles. The second-order valence-corrected chi connectivity index (χ2v) is 2.57. The summed E-state index contributed by atoms with van der Waals surface area (Å²) in [7, 11) is 1.27. The van der Waals surface area contributed by atoms with Crippen LogP contribution in [0, 0.1) is 0 Å². The van der Waals surface area contributed by atoms with Crippen molar-refractivity contribution in [2.45, 2.75) is 6.92 Å². The van der Waals surface area contributed by atoms with Crippen LogP contribution in [0.4, 0.5) is 0 Å². The second-order valence-electron chi connectivity index (χ2n) is 2.57. The summed E-state index contributed by atoms with van der Waals surface area (Å²) < 4.78 is 19.6. The molecule has 0 saturated heterocycles. The molecule has 0 aromatic heterocycles. The maximum Gasteiger partial charge on any atom is 0.372 e. The Morgan fingerprint density at radius 3 is 2.33 bits per heavy atom. The molecular weight excluding hydrogens is 200 g/mol. The minimum atomic E-state index is -0.565. The minimum absolute atomic E-state index is 0.00842. The van der Waals surface area contributed by atoms with E-state index in [-0.39, 0.29) is 12.4 Å². The van der Waals surface area contributed by atoms with Crippen LogP contribution in [0.3, 0.4) is 0 Å². The van der Waals surface area contributed by atoms with Gasteiger partial charge in [-0.1, -0.05) is 0 Å². The zero-order chi connectivity index (χ0) is 11.5. The zero-order valence-corrected chi connectivity index (χ0v) is 9.28. The van der Waals surface area contributed by atoms with E-state index in [1.807, 2.05) is 6.92 Å². The molecule has 0 fully saturated rings. The Morgan fingerprint density at radius 2 is 1.73 bits per heavy atom. The van der Waals surface area contributed by atoms with Crippen molar-refractivity contribution in [2.24, 2.45) is 0 Å². The van der Waals surface area contributed by atoms with Crippen LogP contribution in [-0.2, 0) is 23.7 Å². The van der Waals surface area contributed by atoms with Crippen molar-refractivity contribution in [1.29, 1.82) is 0 Å². The molecule has 0 saturated carbocycles. The molecule has 0 aromatic rings. The first-order valence-electron chi connectivity index (χ1n) is 4.77. The van der Waals surface area contributed by atoms with Crippen LogP contribution in [0.1, 0.15) is 6.92 Å². The third-order valence-electron chi connectivity index (χ3n) is 1.49. The van der Waals surface area contributed by atoms with Gasteiger partial charge in [-0.05, 0) is 13.5 Å². The van der Waals surface area contributed by atoms with Gasteiger partial charge in [0.2, 0.25) is 0 Å². The fraction of sp³-hybridized carbons (Fsp3) is 0.700. The molecule has 0 bridgehead atoms. The maximum atomic E-state index is 10.8. The first-order valence-corrected chi connectivity index (χ1v) is 4.77. The van der Waals surface area contributed by atoms with Crippen molar-refractivity contribution < 1.29 is 23.7 Å². The van der Waals surface area contributed by atoms with Crippen LogP contribution >= 0.6 is 0 Å². The van der Waals surface area contributed by atoms with E-state index in [0.29, 0.717) is 26.4 Å². The average molecular weight is 218 g/mol. The van der Waals surface area contributed by atoms with Crippen LogP contribution in [0.25, 0.3) is 0 Å². The smallest absolute Gasteiger partial charge is 0.372 e. The molecule has 0 radical (unpaired) electrons. The lowest BCUT2D eigenvalue weighted by molar-refractivity contribution is -0.140. The zero-order valence-electron chi connectivity index (χ0n) is 9.28. The van der Waals surface area contributed by atoms with E-state index >= 15 is 0 Å². The van der Waals surface area contributed by atoms with Gasteiger partial charge in [-0.25, -0.2) is 4.79 Å². The molecular formula is C10H18O5. The van der Waals surface area contributed by atoms with E-state index in [4.69, 9.17) is 14.2 Å². The van der Waals surface area contributed by atoms with Crippen molar-refractivity contribution in [3.63, 3.8) is 0 Å². The van der Waals surface area contributed by atoms with Crippen LogP contribution in [0.5, 0.6) is 0 Å². The highest BCUT2D eigenvalue weighted by Crippen LogP contribution is 1.95. The summed E-state index contributed by atoms with van der Waals surface area (Å²) in [4.78, 5) is 10.8. The van der Waals surface area contributed by atoms with Gasteiger partial charge < -0.3 is 18.9 Å². The van der Waals surface area contributed by atoms with Crippen LogP contribution in [0.2, 0.25) is 0 Å². The molecule has 0 aliphatic carbocycles. The lowest BCUT2D eigenvalue weighted by atomic mass is 10.5. The van der Waals surface area contributed by atoms with Crippen LogP contribution < -0.4 is 0 Å². The second kappa shape index (κ2) is 9.48. The third-order valence-corrected chi connectivity index (χ3v) is 1.49. The predicted molar refractivity (Wildman–Crippen MR) is 54.4 cm³/mol. The highest BCUT2D eigenvalue weighted by molar-refractivity contribution is 5.85. The summed E-state index contributed by atoms with van der Waals surface area (Å²) in [6.45, 7) is 7.74. The molecule has 0 aliphatic rings. The molecule has 5 heteroatoms. The Bertz CT molecular complexity index is 190. The summed E-state index contributed by atoms with van der Waals surface area (Å²) in [6.07, 6.45) is 0. The first-order chi connectivity index (χ1) is 7.22. The molecule has 0 rings (SSSR count). The summed E-state index contributed by atoms with van der Waals surface area (Å²) in [6, 6.07) is 0. The van der Waals surface area contributed by atoms with Crippen LogP contribution in [-0.4, -0.2) is 46.1 Å². The molecule has 15 heavy (non-hydrogen) atoms.